The number of hydrogen-bond acceptors (Lipinski definition) is 0. The van der Waals surface area contributed by atoms with Crippen LogP contribution in [0, 0.1) is 0 Å². The summed E-state index contributed by atoms with van der Waals surface area (Å²) in [4.78, 5) is 0. The Labute approximate surface area is 208 Å². The van der Waals surface area contributed by atoms with Crippen molar-refractivity contribution < 1.29 is 0 Å². The molecule has 4 aromatic rings. The molecular weight excluding hydrogens is 446 g/mol. The van der Waals surface area contributed by atoms with Crippen LogP contribution in [-0.4, -0.2) is 10.3 Å². The van der Waals surface area contributed by atoms with Gasteiger partial charge >= 0.3 is 0 Å². The Bertz CT molecular complexity index is 1000. The lowest BCUT2D eigenvalue weighted by Gasteiger charge is -2.58. The van der Waals surface area contributed by atoms with Gasteiger partial charge in [0.25, 0.3) is 0 Å². The van der Waals surface area contributed by atoms with E-state index in [0.717, 1.165) is 0 Å². The first-order valence-corrected chi connectivity index (χ1v) is 15.1. The average molecular weight is 481 g/mol. The van der Waals surface area contributed by atoms with E-state index in [0.29, 0.717) is 0 Å². The molecular formula is C32H34P2. The fourth-order valence-electron chi connectivity index (χ4n) is 5.93. The minimum Gasteiger partial charge on any atom is -0.0622 e. The minimum atomic E-state index is -0.536. The van der Waals surface area contributed by atoms with Gasteiger partial charge in [0.05, 0.1) is 0 Å². The topological polar surface area (TPSA) is 0 Å². The predicted octanol–water partition coefficient (Wildman–Crippen LogP) is 7.34. The Morgan fingerprint density at radius 3 is 0.882 bits per heavy atom. The van der Waals surface area contributed by atoms with E-state index in [4.69, 9.17) is 0 Å². The van der Waals surface area contributed by atoms with Crippen LogP contribution in [-0.2, 0) is 0 Å². The second-order valence-electron chi connectivity index (χ2n) is 9.77. The SMILES string of the molecule is C[C@@]1(P(c2ccccc2)c2ccccc2)CCCC[C@@]1(C)P(c1ccccc1)c1ccccc1. The molecule has 2 atom stereocenters. The summed E-state index contributed by atoms with van der Waals surface area (Å²) in [6.07, 6.45) is 5.18. The maximum absolute atomic E-state index is 2.64. The van der Waals surface area contributed by atoms with Crippen molar-refractivity contribution in [2.45, 2.75) is 49.8 Å². The number of rotatable bonds is 6. The molecule has 0 heterocycles. The molecule has 0 unspecified atom stereocenters. The zero-order valence-electron chi connectivity index (χ0n) is 20.3. The van der Waals surface area contributed by atoms with Crippen molar-refractivity contribution in [3.63, 3.8) is 0 Å². The Balaban J connectivity index is 1.74. The van der Waals surface area contributed by atoms with Gasteiger partial charge in [-0.2, -0.15) is 0 Å². The number of benzene rings is 4. The molecule has 172 valence electrons. The summed E-state index contributed by atoms with van der Waals surface area (Å²) >= 11 is 0. The van der Waals surface area contributed by atoms with Crippen LogP contribution in [0.15, 0.2) is 121 Å². The molecule has 0 saturated heterocycles. The van der Waals surface area contributed by atoms with Crippen LogP contribution in [0.4, 0.5) is 0 Å². The lowest BCUT2D eigenvalue weighted by molar-refractivity contribution is 0.338. The van der Waals surface area contributed by atoms with Gasteiger partial charge in [-0.15, -0.1) is 0 Å². The summed E-state index contributed by atoms with van der Waals surface area (Å²) < 4.78 is 0. The molecule has 2 heteroatoms. The van der Waals surface area contributed by atoms with E-state index in [-0.39, 0.29) is 10.3 Å². The third-order valence-corrected chi connectivity index (χ3v) is 14.6. The molecule has 0 N–H and O–H groups in total. The third-order valence-electron chi connectivity index (χ3n) is 7.78. The molecule has 0 nitrogen and oxygen atoms in total. The normalized spacial score (nSPS) is 22.7. The van der Waals surface area contributed by atoms with Gasteiger partial charge in [-0.3, -0.25) is 0 Å². The largest absolute Gasteiger partial charge is 0.0622 e. The molecule has 1 aliphatic carbocycles. The van der Waals surface area contributed by atoms with Crippen molar-refractivity contribution in [1.29, 1.82) is 0 Å². The molecule has 4 aromatic carbocycles. The van der Waals surface area contributed by atoms with Crippen LogP contribution in [0.25, 0.3) is 0 Å². The van der Waals surface area contributed by atoms with E-state index in [1.165, 1.54) is 46.9 Å². The van der Waals surface area contributed by atoms with E-state index in [1.54, 1.807) is 0 Å². The van der Waals surface area contributed by atoms with Crippen LogP contribution in [0.2, 0.25) is 0 Å². The van der Waals surface area contributed by atoms with Crippen molar-refractivity contribution in [2.75, 3.05) is 0 Å². The lowest BCUT2D eigenvalue weighted by atomic mass is 9.79. The molecule has 1 aliphatic rings. The minimum absolute atomic E-state index is 0.181. The second kappa shape index (κ2) is 10.2. The highest BCUT2D eigenvalue weighted by Gasteiger charge is 2.55. The van der Waals surface area contributed by atoms with Gasteiger partial charge in [-0.1, -0.05) is 148 Å². The van der Waals surface area contributed by atoms with Gasteiger partial charge < -0.3 is 0 Å². The van der Waals surface area contributed by atoms with Gasteiger partial charge in [0.1, 0.15) is 0 Å². The summed E-state index contributed by atoms with van der Waals surface area (Å²) in [6.45, 7) is 5.28. The van der Waals surface area contributed by atoms with Gasteiger partial charge in [0, 0.05) is 10.3 Å². The van der Waals surface area contributed by atoms with Crippen LogP contribution >= 0.6 is 15.8 Å². The van der Waals surface area contributed by atoms with Gasteiger partial charge in [-0.05, 0) is 49.9 Å². The second-order valence-corrected chi connectivity index (χ2v) is 15.1. The number of hydrogen-bond donors (Lipinski definition) is 0. The van der Waals surface area contributed by atoms with Gasteiger partial charge in [0.2, 0.25) is 0 Å². The fourth-order valence-corrected chi connectivity index (χ4v) is 13.2. The summed E-state index contributed by atoms with van der Waals surface area (Å²) in [7, 11) is -1.07. The van der Waals surface area contributed by atoms with Crippen LogP contribution in [0.3, 0.4) is 0 Å². The molecule has 34 heavy (non-hydrogen) atoms. The van der Waals surface area contributed by atoms with E-state index in [1.807, 2.05) is 0 Å². The lowest BCUT2D eigenvalue weighted by Crippen LogP contribution is -2.55. The summed E-state index contributed by atoms with van der Waals surface area (Å²) in [5, 5.41) is 6.40. The molecule has 1 saturated carbocycles. The zero-order valence-corrected chi connectivity index (χ0v) is 22.1. The summed E-state index contributed by atoms with van der Waals surface area (Å²) in [5.41, 5.74) is 0. The van der Waals surface area contributed by atoms with Crippen molar-refractivity contribution in [2.24, 2.45) is 0 Å². The highest BCUT2D eigenvalue weighted by Crippen LogP contribution is 2.69. The fraction of sp³-hybridized carbons (Fsp3) is 0.250. The Kier molecular flexibility index (Phi) is 7.01. The maximum Gasteiger partial charge on any atom is 0.00563 e. The van der Waals surface area contributed by atoms with E-state index in [9.17, 15) is 0 Å². The molecule has 0 spiro atoms. The third kappa shape index (κ3) is 4.28. The highest BCUT2D eigenvalue weighted by atomic mass is 31.1. The van der Waals surface area contributed by atoms with Crippen molar-refractivity contribution in [1.82, 2.24) is 0 Å². The Hall–Kier alpha value is -2.26. The van der Waals surface area contributed by atoms with Crippen LogP contribution in [0.1, 0.15) is 39.5 Å². The Morgan fingerprint density at radius 1 is 0.412 bits per heavy atom. The highest BCUT2D eigenvalue weighted by molar-refractivity contribution is 7.78. The predicted molar refractivity (Wildman–Crippen MR) is 153 cm³/mol. The molecule has 0 amide bonds. The van der Waals surface area contributed by atoms with E-state index in [2.05, 4.69) is 135 Å². The zero-order chi connectivity index (χ0) is 23.4. The van der Waals surface area contributed by atoms with Crippen molar-refractivity contribution >= 4 is 37.1 Å². The monoisotopic (exact) mass is 480 g/mol. The molecule has 0 bridgehead atoms. The first-order valence-electron chi connectivity index (χ1n) is 12.4. The van der Waals surface area contributed by atoms with Crippen molar-refractivity contribution in [3.8, 4) is 0 Å². The molecule has 0 aromatic heterocycles. The summed E-state index contributed by atoms with van der Waals surface area (Å²) in [5.74, 6) is 0. The molecule has 0 aliphatic heterocycles. The van der Waals surface area contributed by atoms with E-state index >= 15 is 0 Å². The van der Waals surface area contributed by atoms with Crippen molar-refractivity contribution in [3.05, 3.63) is 121 Å². The van der Waals surface area contributed by atoms with Crippen LogP contribution < -0.4 is 21.2 Å². The average Bonchev–Trinajstić information content (AvgIpc) is 2.89. The maximum atomic E-state index is 2.64. The first kappa shape index (κ1) is 23.5. The standard InChI is InChI=1S/C32H34P2/c1-31(33(27-17-7-3-8-18-27)28-19-9-4-10-20-28)25-15-16-26-32(31,2)34(29-21-11-5-12-22-29)30-23-13-6-14-24-30/h3-14,17-24H,15-16,25-26H2,1-2H3/t31-,32-/m1/s1. The summed E-state index contributed by atoms with van der Waals surface area (Å²) in [6, 6.07) is 45.5. The smallest absolute Gasteiger partial charge is 0.00563 e. The quantitative estimate of drug-likeness (QED) is 0.253. The molecule has 0 radical (unpaired) electrons. The van der Waals surface area contributed by atoms with Gasteiger partial charge in [-0.25, -0.2) is 0 Å². The molecule has 5 rings (SSSR count). The van der Waals surface area contributed by atoms with E-state index < -0.39 is 15.8 Å². The first-order chi connectivity index (χ1) is 16.6. The molecule has 1 fully saturated rings. The Morgan fingerprint density at radius 2 is 0.647 bits per heavy atom. The van der Waals surface area contributed by atoms with Crippen LogP contribution in [0.5, 0.6) is 0 Å². The van der Waals surface area contributed by atoms with Gasteiger partial charge in [0.15, 0.2) is 0 Å².